The zero-order valence-electron chi connectivity index (χ0n) is 10.3. The van der Waals surface area contributed by atoms with Gasteiger partial charge in [0.25, 0.3) is 0 Å². The van der Waals surface area contributed by atoms with Gasteiger partial charge >= 0.3 is 0 Å². The summed E-state index contributed by atoms with van der Waals surface area (Å²) in [5.74, 6) is 0. The normalized spacial score (nSPS) is 10.8. The Hall–Kier alpha value is -0.680. The maximum Gasteiger partial charge on any atom is 0.0814 e. The van der Waals surface area contributed by atoms with Gasteiger partial charge in [-0.05, 0) is 30.8 Å². The monoisotopic (exact) mass is 325 g/mol. The highest BCUT2D eigenvalue weighted by atomic mass is 79.9. The average Bonchev–Trinajstić information content (AvgIpc) is 2.80. The van der Waals surface area contributed by atoms with Crippen molar-refractivity contribution < 1.29 is 4.74 Å². The van der Waals surface area contributed by atoms with Gasteiger partial charge in [0.15, 0.2) is 0 Å². The number of halogens is 1. The summed E-state index contributed by atoms with van der Waals surface area (Å²) in [5.41, 5.74) is 1.18. The molecule has 2 rings (SSSR count). The first kappa shape index (κ1) is 13.7. The van der Waals surface area contributed by atoms with Crippen LogP contribution in [0.5, 0.6) is 0 Å². The third-order valence-corrected chi connectivity index (χ3v) is 4.36. The van der Waals surface area contributed by atoms with E-state index in [1.807, 2.05) is 25.2 Å². The van der Waals surface area contributed by atoms with Crippen molar-refractivity contribution in [1.82, 2.24) is 5.32 Å². The van der Waals surface area contributed by atoms with Crippen LogP contribution < -0.4 is 5.32 Å². The minimum atomic E-state index is 0.640. The molecule has 1 N–H and O–H groups in total. The Balaban J connectivity index is 1.83. The molecule has 0 aliphatic heterocycles. The maximum absolute atomic E-state index is 5.74. The van der Waals surface area contributed by atoms with Crippen molar-refractivity contribution in [2.75, 3.05) is 7.05 Å². The quantitative estimate of drug-likeness (QED) is 0.868. The SMILES string of the molecule is CNCc1ccc(COCc2ccccc2Br)s1. The Morgan fingerprint density at radius 3 is 2.67 bits per heavy atom. The summed E-state index contributed by atoms with van der Waals surface area (Å²) >= 11 is 5.32. The molecular weight excluding hydrogens is 310 g/mol. The summed E-state index contributed by atoms with van der Waals surface area (Å²) in [6, 6.07) is 12.4. The standard InChI is InChI=1S/C14H16BrNOS/c1-16-8-12-6-7-13(18-12)10-17-9-11-4-2-3-5-14(11)15/h2-7,16H,8-10H2,1H3. The van der Waals surface area contributed by atoms with Crippen LogP contribution in [0.3, 0.4) is 0 Å². The summed E-state index contributed by atoms with van der Waals surface area (Å²) in [6.45, 7) is 2.24. The first-order valence-corrected chi connectivity index (χ1v) is 7.44. The van der Waals surface area contributed by atoms with Crippen LogP contribution >= 0.6 is 27.3 Å². The third-order valence-electron chi connectivity index (χ3n) is 2.53. The molecule has 0 amide bonds. The molecule has 0 unspecified atom stereocenters. The second-order valence-electron chi connectivity index (χ2n) is 3.98. The van der Waals surface area contributed by atoms with Crippen molar-refractivity contribution >= 4 is 27.3 Å². The highest BCUT2D eigenvalue weighted by molar-refractivity contribution is 9.10. The molecule has 0 fully saturated rings. The summed E-state index contributed by atoms with van der Waals surface area (Å²) in [6.07, 6.45) is 0. The lowest BCUT2D eigenvalue weighted by Gasteiger charge is -2.04. The van der Waals surface area contributed by atoms with Crippen molar-refractivity contribution in [2.45, 2.75) is 19.8 Å². The topological polar surface area (TPSA) is 21.3 Å². The lowest BCUT2D eigenvalue weighted by Crippen LogP contribution is -2.02. The molecule has 4 heteroatoms. The summed E-state index contributed by atoms with van der Waals surface area (Å²) in [4.78, 5) is 2.62. The fourth-order valence-corrected chi connectivity index (χ4v) is 3.01. The summed E-state index contributed by atoms with van der Waals surface area (Å²) in [5, 5.41) is 3.15. The van der Waals surface area contributed by atoms with Crippen LogP contribution in [-0.2, 0) is 24.5 Å². The van der Waals surface area contributed by atoms with E-state index in [1.54, 1.807) is 11.3 Å². The highest BCUT2D eigenvalue weighted by Crippen LogP contribution is 2.20. The van der Waals surface area contributed by atoms with E-state index in [1.165, 1.54) is 15.3 Å². The van der Waals surface area contributed by atoms with Crippen molar-refractivity contribution in [2.24, 2.45) is 0 Å². The molecule has 0 saturated heterocycles. The highest BCUT2D eigenvalue weighted by Gasteiger charge is 2.02. The van der Waals surface area contributed by atoms with Gasteiger partial charge in [0.2, 0.25) is 0 Å². The first-order valence-electron chi connectivity index (χ1n) is 5.83. The second kappa shape index (κ2) is 7.04. The number of hydrogen-bond acceptors (Lipinski definition) is 3. The van der Waals surface area contributed by atoms with Gasteiger partial charge in [-0.3, -0.25) is 0 Å². The Kier molecular flexibility index (Phi) is 5.38. The Bertz CT molecular complexity index is 498. The molecule has 0 aliphatic carbocycles. The van der Waals surface area contributed by atoms with Crippen molar-refractivity contribution in [3.8, 4) is 0 Å². The molecule has 1 aromatic heterocycles. The molecule has 0 atom stereocenters. The molecule has 2 nitrogen and oxygen atoms in total. The van der Waals surface area contributed by atoms with Gasteiger partial charge in [0.1, 0.15) is 0 Å². The molecular formula is C14H16BrNOS. The minimum absolute atomic E-state index is 0.640. The van der Waals surface area contributed by atoms with Crippen molar-refractivity contribution in [3.05, 3.63) is 56.2 Å². The van der Waals surface area contributed by atoms with E-state index in [9.17, 15) is 0 Å². The van der Waals surface area contributed by atoms with E-state index in [2.05, 4.69) is 39.4 Å². The van der Waals surface area contributed by atoms with E-state index in [0.29, 0.717) is 13.2 Å². The number of rotatable bonds is 6. The molecule has 96 valence electrons. The summed E-state index contributed by atoms with van der Waals surface area (Å²) < 4.78 is 6.84. The van der Waals surface area contributed by atoms with Gasteiger partial charge in [0.05, 0.1) is 13.2 Å². The van der Waals surface area contributed by atoms with Crippen LogP contribution in [0.1, 0.15) is 15.3 Å². The molecule has 0 aliphatic rings. The lowest BCUT2D eigenvalue weighted by atomic mass is 10.2. The molecule has 1 heterocycles. The Morgan fingerprint density at radius 2 is 1.89 bits per heavy atom. The van der Waals surface area contributed by atoms with Gasteiger partial charge in [-0.1, -0.05) is 34.1 Å². The van der Waals surface area contributed by atoms with Gasteiger partial charge in [0, 0.05) is 20.8 Å². The molecule has 0 saturated carbocycles. The number of ether oxygens (including phenoxy) is 1. The van der Waals surface area contributed by atoms with E-state index in [0.717, 1.165) is 11.0 Å². The van der Waals surface area contributed by atoms with Crippen LogP contribution in [0.2, 0.25) is 0 Å². The second-order valence-corrected chi connectivity index (χ2v) is 6.09. The van der Waals surface area contributed by atoms with E-state index in [4.69, 9.17) is 4.74 Å². The Morgan fingerprint density at radius 1 is 1.11 bits per heavy atom. The predicted molar refractivity (Wildman–Crippen MR) is 79.7 cm³/mol. The minimum Gasteiger partial charge on any atom is -0.371 e. The van der Waals surface area contributed by atoms with Gasteiger partial charge in [-0.2, -0.15) is 0 Å². The molecule has 0 bridgehead atoms. The molecule has 2 aromatic rings. The van der Waals surface area contributed by atoms with E-state index >= 15 is 0 Å². The fraction of sp³-hybridized carbons (Fsp3) is 0.286. The van der Waals surface area contributed by atoms with Gasteiger partial charge in [-0.15, -0.1) is 11.3 Å². The first-order chi connectivity index (χ1) is 8.79. The fourth-order valence-electron chi connectivity index (χ4n) is 1.65. The van der Waals surface area contributed by atoms with Crippen LogP contribution in [-0.4, -0.2) is 7.05 Å². The number of hydrogen-bond donors (Lipinski definition) is 1. The van der Waals surface area contributed by atoms with E-state index < -0.39 is 0 Å². The molecule has 1 aromatic carbocycles. The zero-order chi connectivity index (χ0) is 12.8. The van der Waals surface area contributed by atoms with Crippen LogP contribution in [0.15, 0.2) is 40.9 Å². The van der Waals surface area contributed by atoms with Crippen LogP contribution in [0.4, 0.5) is 0 Å². The molecule has 0 radical (unpaired) electrons. The lowest BCUT2D eigenvalue weighted by molar-refractivity contribution is 0.109. The average molecular weight is 326 g/mol. The largest absolute Gasteiger partial charge is 0.371 e. The number of thiophene rings is 1. The van der Waals surface area contributed by atoms with Crippen molar-refractivity contribution in [1.29, 1.82) is 0 Å². The zero-order valence-corrected chi connectivity index (χ0v) is 12.7. The Labute approximate surface area is 120 Å². The summed E-state index contributed by atoms with van der Waals surface area (Å²) in [7, 11) is 1.96. The van der Waals surface area contributed by atoms with Crippen LogP contribution in [0, 0.1) is 0 Å². The number of benzene rings is 1. The van der Waals surface area contributed by atoms with Gasteiger partial charge < -0.3 is 10.1 Å². The van der Waals surface area contributed by atoms with Crippen LogP contribution in [0.25, 0.3) is 0 Å². The predicted octanol–water partition coefficient (Wildman–Crippen LogP) is 3.95. The molecule has 0 spiro atoms. The smallest absolute Gasteiger partial charge is 0.0814 e. The number of nitrogens with one attached hydrogen (secondary N) is 1. The maximum atomic E-state index is 5.74. The van der Waals surface area contributed by atoms with E-state index in [-0.39, 0.29) is 0 Å². The van der Waals surface area contributed by atoms with Crippen molar-refractivity contribution in [3.63, 3.8) is 0 Å². The van der Waals surface area contributed by atoms with Gasteiger partial charge in [-0.25, -0.2) is 0 Å². The third kappa shape index (κ3) is 3.92. The molecule has 18 heavy (non-hydrogen) atoms.